The van der Waals surface area contributed by atoms with Gasteiger partial charge in [0, 0.05) is 109 Å². The first-order valence-electron chi connectivity index (χ1n) is 43.0. The number of carboxylic acids is 1. The predicted molar refractivity (Wildman–Crippen MR) is 469 cm³/mol. The molecule has 16 N–H and O–H groups in total. The van der Waals surface area contributed by atoms with Crippen LogP contribution in [0.25, 0.3) is 10.9 Å². The summed E-state index contributed by atoms with van der Waals surface area (Å²) in [5, 5.41) is 45.1. The van der Waals surface area contributed by atoms with E-state index in [-0.39, 0.29) is 102 Å². The lowest BCUT2D eigenvalue weighted by Gasteiger charge is -2.38. The van der Waals surface area contributed by atoms with Gasteiger partial charge in [-0.3, -0.25) is 81.5 Å². The number of nitrogens with one attached hydrogen (secondary N) is 10. The number of amides is 16. The number of methoxy groups -OCH3 is 1. The molecule has 13 atom stereocenters. The number of aromatic hydroxyl groups is 1. The van der Waals surface area contributed by atoms with Crippen molar-refractivity contribution in [3.8, 4) is 5.75 Å². The van der Waals surface area contributed by atoms with E-state index in [1.807, 2.05) is 6.92 Å². The van der Waals surface area contributed by atoms with E-state index in [1.165, 1.54) is 74.5 Å². The molecule has 3 saturated heterocycles. The number of nitrogens with zero attached hydrogens (tertiary/aromatic N) is 5. The van der Waals surface area contributed by atoms with Crippen LogP contribution < -0.4 is 59.3 Å². The van der Waals surface area contributed by atoms with Crippen molar-refractivity contribution >= 4 is 123 Å². The Labute approximate surface area is 746 Å². The second kappa shape index (κ2) is 48.4. The van der Waals surface area contributed by atoms with E-state index in [2.05, 4.69) is 52.8 Å². The van der Waals surface area contributed by atoms with Crippen molar-refractivity contribution in [1.82, 2.24) is 77.3 Å². The fourth-order valence-corrected chi connectivity index (χ4v) is 16.7. The number of phenols is 1. The lowest BCUT2D eigenvalue weighted by atomic mass is 9.99. The number of carbonyl (C=O) groups is 17. The van der Waals surface area contributed by atoms with Gasteiger partial charge in [0.25, 0.3) is 0 Å². The van der Waals surface area contributed by atoms with E-state index in [0.29, 0.717) is 46.0 Å². The van der Waals surface area contributed by atoms with Crippen LogP contribution in [-0.2, 0) is 112 Å². The molecule has 0 bridgehead atoms. The maximum absolute atomic E-state index is 15.7. The number of thioether (sulfide) groups is 1. The number of para-hydroxylation sites is 1. The number of hydrogen-bond donors (Lipinski definition) is 14. The average molecular weight is 1800 g/mol. The maximum atomic E-state index is 15.7. The fraction of sp³-hybridized carbons (Fsp3) is 0.517. The summed E-state index contributed by atoms with van der Waals surface area (Å²) in [7, 11) is 5.24. The number of rotatable bonds is 25. The third kappa shape index (κ3) is 28.7. The van der Waals surface area contributed by atoms with Crippen LogP contribution in [0.1, 0.15) is 134 Å². The summed E-state index contributed by atoms with van der Waals surface area (Å²) < 4.78 is 20.0. The van der Waals surface area contributed by atoms with Gasteiger partial charge in [-0.15, -0.1) is 11.8 Å². The predicted octanol–water partition coefficient (Wildman–Crippen LogP) is 0.642. The van der Waals surface area contributed by atoms with Gasteiger partial charge in [-0.25, -0.2) is 4.39 Å². The summed E-state index contributed by atoms with van der Waals surface area (Å²) in [6.45, 7) is 7.34. The quantitative estimate of drug-likeness (QED) is 0.0381. The molecule has 3 aliphatic heterocycles. The minimum absolute atomic E-state index is 0.00119. The number of aliphatic carboxylic acids is 1. The highest BCUT2D eigenvalue weighted by Gasteiger charge is 2.46. The number of aromatic amines is 1. The molecule has 0 saturated carbocycles. The number of benzene rings is 4. The van der Waals surface area contributed by atoms with Crippen LogP contribution in [0.3, 0.4) is 0 Å². The largest absolute Gasteiger partial charge is 0.508 e. The van der Waals surface area contributed by atoms with E-state index in [1.54, 1.807) is 88.5 Å². The van der Waals surface area contributed by atoms with Crippen molar-refractivity contribution in [2.24, 2.45) is 23.3 Å². The third-order valence-corrected chi connectivity index (χ3v) is 23.9. The molecule has 37 nitrogen and oxygen atoms in total. The Balaban J connectivity index is 1.21. The van der Waals surface area contributed by atoms with E-state index < -0.39 is 228 Å². The first-order valence-corrected chi connectivity index (χ1v) is 44.1. The molecule has 4 aromatic carbocycles. The number of aromatic nitrogens is 1. The van der Waals surface area contributed by atoms with Crippen molar-refractivity contribution in [2.75, 3.05) is 66.0 Å². The molecule has 0 unspecified atom stereocenters. The van der Waals surface area contributed by atoms with Crippen molar-refractivity contribution in [3.05, 3.63) is 137 Å². The van der Waals surface area contributed by atoms with Gasteiger partial charge in [-0.05, 0) is 109 Å². The molecule has 128 heavy (non-hydrogen) atoms. The molecular formula is C89H120FN17O20S. The number of ether oxygens (including phenoxy) is 1. The van der Waals surface area contributed by atoms with Crippen LogP contribution in [0.5, 0.6) is 5.75 Å². The number of carboxylic acid groups (broad SMARTS) is 1. The Morgan fingerprint density at radius 2 is 1.09 bits per heavy atom. The summed E-state index contributed by atoms with van der Waals surface area (Å²) in [5.74, 6) is -19.2. The first-order chi connectivity index (χ1) is 60.9. The highest BCUT2D eigenvalue weighted by molar-refractivity contribution is 8.00. The van der Waals surface area contributed by atoms with Gasteiger partial charge in [-0.1, -0.05) is 120 Å². The number of nitrogens with two attached hydrogens (primary N) is 2. The van der Waals surface area contributed by atoms with E-state index >= 15 is 43.2 Å². The lowest BCUT2D eigenvalue weighted by Crippen LogP contribution is -2.62. The summed E-state index contributed by atoms with van der Waals surface area (Å²) in [5.41, 5.74) is 13.6. The molecule has 0 spiro atoms. The third-order valence-electron chi connectivity index (χ3n) is 22.9. The zero-order valence-electron chi connectivity index (χ0n) is 73.5. The van der Waals surface area contributed by atoms with Crippen LogP contribution in [0.4, 0.5) is 4.39 Å². The molecule has 4 heterocycles. The number of hydrogen-bond acceptors (Lipinski definition) is 20. The number of likely N-dealkylation sites (N-methyl/N-ethyl adjacent to an activating group) is 3. The van der Waals surface area contributed by atoms with Gasteiger partial charge in [-0.2, -0.15) is 0 Å². The second-order valence-electron chi connectivity index (χ2n) is 33.3. The Kier molecular flexibility index (Phi) is 38.1. The Morgan fingerprint density at radius 3 is 1.69 bits per heavy atom. The van der Waals surface area contributed by atoms with E-state index in [9.17, 15) is 53.0 Å². The van der Waals surface area contributed by atoms with Crippen molar-refractivity contribution in [1.29, 1.82) is 0 Å². The van der Waals surface area contributed by atoms with Gasteiger partial charge < -0.3 is 104 Å². The highest BCUT2D eigenvalue weighted by Crippen LogP contribution is 2.28. The first kappa shape index (κ1) is 101. The molecule has 694 valence electrons. The minimum atomic E-state index is -1.91. The summed E-state index contributed by atoms with van der Waals surface area (Å²) >= 11 is 0.785. The maximum Gasteiger partial charge on any atom is 0.305 e. The van der Waals surface area contributed by atoms with Crippen LogP contribution in [0, 0.1) is 17.7 Å². The summed E-state index contributed by atoms with van der Waals surface area (Å²) in [6.07, 6.45) is -0.480. The molecule has 5 aromatic rings. The summed E-state index contributed by atoms with van der Waals surface area (Å²) in [4.78, 5) is 257. The van der Waals surface area contributed by atoms with Gasteiger partial charge in [0.1, 0.15) is 90.1 Å². The van der Waals surface area contributed by atoms with Crippen LogP contribution in [0.2, 0.25) is 0 Å². The molecule has 0 radical (unpaired) electrons. The molecule has 8 rings (SSSR count). The molecule has 39 heteroatoms. The number of carbonyl (C=O) groups excluding carboxylic acids is 16. The number of primary amides is 2. The SMILES string of the molecule is CCCC[C@H]1C(=O)N2CCC[C@@H]2C(=O)N[C@@H](CC(=O)O)C(=O)N[C@@H](C(C)C)C(=O)N(C)[C@@H](CCOC)C(=O)N[C@@H](CCC(N)=O)C(=O)N2CCC[C@@H]2C(=O)N[C@@H](Cc2c[nH]c3ccccc23)C(=O)N[C@@H](Cc2ccc(O)cc2)C(=O)N[C@@H](CC(C)C)C(=O)N[C@H](C(=O)NCC(N)=O)CSCC(=O)N[C@@H](Cc2ccc(F)cc2)C(=O)N(C)[C@@H](Cc2ccccc2)C(=O)N1C. The minimum Gasteiger partial charge on any atom is -0.508 e. The number of fused-ring (bicyclic) bond motifs is 3. The normalized spacial score (nSPS) is 24.0. The topological polar surface area (TPSA) is 532 Å². The molecule has 3 fully saturated rings. The van der Waals surface area contributed by atoms with E-state index in [0.717, 1.165) is 38.6 Å². The summed E-state index contributed by atoms with van der Waals surface area (Å²) in [6, 6.07) is 6.25. The number of H-pyrrole nitrogens is 1. The Bertz CT molecular complexity index is 4770. The molecule has 3 aliphatic rings. The van der Waals surface area contributed by atoms with Gasteiger partial charge in [0.05, 0.1) is 18.7 Å². The zero-order chi connectivity index (χ0) is 93.8. The van der Waals surface area contributed by atoms with Gasteiger partial charge in [0.2, 0.25) is 94.5 Å². The van der Waals surface area contributed by atoms with E-state index in [4.69, 9.17) is 16.2 Å². The Hall–Kier alpha value is -12.6. The van der Waals surface area contributed by atoms with Crippen LogP contribution in [-0.4, -0.2) is 285 Å². The van der Waals surface area contributed by atoms with Gasteiger partial charge in [0.15, 0.2) is 0 Å². The second-order valence-corrected chi connectivity index (χ2v) is 34.3. The smallest absolute Gasteiger partial charge is 0.305 e. The standard InChI is InChI=1S/C89H120FN17O20S/c1-10-11-23-70-88(125)107-38-18-25-69(107)84(121)100-64(45-75(112)113)81(118)102-76(51(4)5)89(126)103(6)67(36-39-127-9)82(119)96-60(34-35-72(91)109)86(123)106-37-17-24-68(106)83(120)99-63(44-55-46-93-59-22-16-15-21-58(55)59)80(117)98-62(41-54-28-32-57(108)33-29-54)79(116)97-61(40-50(2)3)78(115)101-66(77(114)94-47-73(92)110)48-128-49-74(111)95-65(42-53-26-30-56(90)31-27-53)85(122)105(8)71(87(124)104(70)7)43-52-19-13-12-14-20-52/h12-16,19-22,26-33,46,50-51,60-71,76,93,108H,10-11,17-18,23-25,34-45,47-49H2,1-9H3,(H2,91,109)(H2,92,110)(H,94,114)(H,95,111)(H,96,119)(H,97,116)(H,98,117)(H,99,120)(H,100,121)(H,101,115)(H,102,118)(H,112,113)/t60-,61-,62-,63-,64-,65-,66-,67-,68+,69+,70-,71-,76-/m0/s1. The van der Waals surface area contributed by atoms with Crippen molar-refractivity contribution in [3.63, 3.8) is 0 Å². The van der Waals surface area contributed by atoms with Crippen LogP contribution >= 0.6 is 11.8 Å². The zero-order valence-corrected chi connectivity index (χ0v) is 74.3. The van der Waals surface area contributed by atoms with Crippen molar-refractivity contribution in [2.45, 2.75) is 216 Å². The average Bonchev–Trinajstić information content (AvgIpc) is 1.67. The lowest BCUT2D eigenvalue weighted by molar-refractivity contribution is -0.152. The molecular weight excluding hydrogens is 1680 g/mol. The number of unbranched alkanes of at least 4 members (excludes halogenated alkanes) is 1. The number of halogens is 1. The van der Waals surface area contributed by atoms with Crippen molar-refractivity contribution < 1.29 is 101 Å². The highest BCUT2D eigenvalue weighted by atomic mass is 32.2. The molecule has 0 aliphatic carbocycles. The fourth-order valence-electron chi connectivity index (χ4n) is 15.9. The number of phenolic OH excluding ortho intramolecular Hbond substituents is 1. The molecule has 1 aromatic heterocycles. The Morgan fingerprint density at radius 1 is 0.547 bits per heavy atom. The molecule has 16 amide bonds. The van der Waals surface area contributed by atoms with Crippen LogP contribution in [0.15, 0.2) is 109 Å². The van der Waals surface area contributed by atoms with Gasteiger partial charge >= 0.3 is 5.97 Å². The monoisotopic (exact) mass is 1800 g/mol.